The molecule has 1 N–H and O–H groups in total. The lowest BCUT2D eigenvalue weighted by Gasteiger charge is -2.19. The average Bonchev–Trinajstić information content (AvgIpc) is 2.83. The highest BCUT2D eigenvalue weighted by Gasteiger charge is 2.33. The van der Waals surface area contributed by atoms with E-state index in [0.29, 0.717) is 24.7 Å². The minimum atomic E-state index is -4.35. The quantitative estimate of drug-likeness (QED) is 0.920. The Labute approximate surface area is 120 Å². The first-order chi connectivity index (χ1) is 9.88. The molecular formula is C14H16F3N3O. The van der Waals surface area contributed by atoms with Gasteiger partial charge in [0.1, 0.15) is 0 Å². The van der Waals surface area contributed by atoms with Gasteiger partial charge in [0.25, 0.3) is 0 Å². The van der Waals surface area contributed by atoms with Crippen LogP contribution in [-0.2, 0) is 12.6 Å². The van der Waals surface area contributed by atoms with E-state index in [2.05, 4.69) is 15.5 Å². The fourth-order valence-corrected chi connectivity index (χ4v) is 2.08. The van der Waals surface area contributed by atoms with Gasteiger partial charge in [0, 0.05) is 19.0 Å². The third-order valence-corrected chi connectivity index (χ3v) is 3.09. The van der Waals surface area contributed by atoms with Crippen molar-refractivity contribution in [1.82, 2.24) is 15.5 Å². The van der Waals surface area contributed by atoms with E-state index in [9.17, 15) is 13.2 Å². The van der Waals surface area contributed by atoms with Crippen molar-refractivity contribution in [3.05, 3.63) is 47.1 Å². The van der Waals surface area contributed by atoms with Gasteiger partial charge >= 0.3 is 6.18 Å². The van der Waals surface area contributed by atoms with Crippen LogP contribution in [0, 0.1) is 6.92 Å². The highest BCUT2D eigenvalue weighted by Crippen LogP contribution is 2.34. The normalized spacial score (nSPS) is 13.4. The summed E-state index contributed by atoms with van der Waals surface area (Å²) in [6.07, 6.45) is -3.88. The molecule has 1 aromatic carbocycles. The minimum absolute atomic E-state index is 0.228. The molecule has 0 saturated carbocycles. The molecule has 1 heterocycles. The first kappa shape index (κ1) is 15.5. The van der Waals surface area contributed by atoms with Gasteiger partial charge in [-0.3, -0.25) is 0 Å². The molecular weight excluding hydrogens is 283 g/mol. The molecule has 0 aliphatic carbocycles. The Kier molecular flexibility index (Phi) is 4.62. The lowest BCUT2D eigenvalue weighted by Crippen LogP contribution is -2.24. The van der Waals surface area contributed by atoms with E-state index in [0.717, 1.165) is 6.07 Å². The number of hydrogen-bond acceptors (Lipinski definition) is 4. The maximum Gasteiger partial charge on any atom is 0.416 e. The maximum absolute atomic E-state index is 12.9. The predicted molar refractivity (Wildman–Crippen MR) is 70.6 cm³/mol. The first-order valence-electron chi connectivity index (χ1n) is 6.56. The zero-order valence-corrected chi connectivity index (χ0v) is 11.7. The molecule has 114 valence electrons. The second-order valence-corrected chi connectivity index (χ2v) is 4.75. The summed E-state index contributed by atoms with van der Waals surface area (Å²) in [6, 6.07) is 5.14. The third-order valence-electron chi connectivity index (χ3n) is 3.09. The van der Waals surface area contributed by atoms with Crippen molar-refractivity contribution in [2.45, 2.75) is 32.5 Å². The van der Waals surface area contributed by atoms with E-state index >= 15 is 0 Å². The molecule has 0 bridgehead atoms. The Morgan fingerprint density at radius 2 is 2.00 bits per heavy atom. The second-order valence-electron chi connectivity index (χ2n) is 4.75. The van der Waals surface area contributed by atoms with E-state index in [-0.39, 0.29) is 5.56 Å². The highest BCUT2D eigenvalue weighted by atomic mass is 19.4. The number of halogens is 3. The van der Waals surface area contributed by atoms with Crippen molar-refractivity contribution in [2.24, 2.45) is 0 Å². The molecule has 2 rings (SSSR count). The number of benzene rings is 1. The van der Waals surface area contributed by atoms with E-state index in [1.165, 1.54) is 12.1 Å². The van der Waals surface area contributed by atoms with Crippen LogP contribution in [0.1, 0.15) is 35.8 Å². The second kappa shape index (κ2) is 6.26. The van der Waals surface area contributed by atoms with Crippen molar-refractivity contribution in [3.63, 3.8) is 0 Å². The van der Waals surface area contributed by atoms with Crippen LogP contribution in [0.4, 0.5) is 13.2 Å². The predicted octanol–water partition coefficient (Wildman–Crippen LogP) is 3.29. The lowest BCUT2D eigenvalue weighted by atomic mass is 10.0. The van der Waals surface area contributed by atoms with Crippen molar-refractivity contribution < 1.29 is 17.7 Å². The molecule has 4 nitrogen and oxygen atoms in total. The molecule has 7 heteroatoms. The molecule has 0 radical (unpaired) electrons. The Morgan fingerprint density at radius 3 is 2.62 bits per heavy atom. The Hall–Kier alpha value is -1.89. The number of nitrogens with zero attached hydrogens (tertiary/aromatic N) is 2. The summed E-state index contributed by atoms with van der Waals surface area (Å²) in [4.78, 5) is 4.04. The maximum atomic E-state index is 12.9. The van der Waals surface area contributed by atoms with Crippen molar-refractivity contribution in [1.29, 1.82) is 0 Å². The molecule has 2 aromatic rings. The number of aromatic nitrogens is 2. The number of nitrogens with one attached hydrogen (secondary N) is 1. The van der Waals surface area contributed by atoms with E-state index in [4.69, 9.17) is 4.52 Å². The van der Waals surface area contributed by atoms with Gasteiger partial charge in [-0.1, -0.05) is 23.4 Å². The fourth-order valence-electron chi connectivity index (χ4n) is 2.08. The largest absolute Gasteiger partial charge is 0.416 e. The van der Waals surface area contributed by atoms with Gasteiger partial charge in [-0.25, -0.2) is 0 Å². The standard InChI is InChI=1S/C14H16F3N3O/c1-9(18-8-7-13-19-10(2)20-21-13)11-5-3-4-6-12(11)14(15,16)17/h3-6,9,18H,7-8H2,1-2H3. The molecule has 0 aliphatic heterocycles. The Morgan fingerprint density at radius 1 is 1.29 bits per heavy atom. The molecule has 1 aromatic heterocycles. The van der Waals surface area contributed by atoms with E-state index in [1.54, 1.807) is 19.9 Å². The van der Waals surface area contributed by atoms with Crippen molar-refractivity contribution in [2.75, 3.05) is 6.54 Å². The molecule has 0 saturated heterocycles. The van der Waals surface area contributed by atoms with Crippen LogP contribution in [0.25, 0.3) is 0 Å². The molecule has 21 heavy (non-hydrogen) atoms. The number of alkyl halides is 3. The highest BCUT2D eigenvalue weighted by molar-refractivity contribution is 5.32. The fraction of sp³-hybridized carbons (Fsp3) is 0.429. The van der Waals surface area contributed by atoms with Crippen LogP contribution in [0.15, 0.2) is 28.8 Å². The number of rotatable bonds is 5. The van der Waals surface area contributed by atoms with Gasteiger partial charge in [0.05, 0.1) is 5.56 Å². The minimum Gasteiger partial charge on any atom is -0.339 e. The van der Waals surface area contributed by atoms with Crippen LogP contribution in [0.5, 0.6) is 0 Å². The zero-order valence-electron chi connectivity index (χ0n) is 11.7. The van der Waals surface area contributed by atoms with Crippen LogP contribution in [-0.4, -0.2) is 16.7 Å². The number of hydrogen-bond donors (Lipinski definition) is 1. The van der Waals surface area contributed by atoms with E-state index in [1.807, 2.05) is 0 Å². The van der Waals surface area contributed by atoms with Gasteiger partial charge in [0.2, 0.25) is 5.89 Å². The molecule has 1 unspecified atom stereocenters. The topological polar surface area (TPSA) is 51.0 Å². The van der Waals surface area contributed by atoms with E-state index < -0.39 is 17.8 Å². The summed E-state index contributed by atoms with van der Waals surface area (Å²) < 4.78 is 43.8. The van der Waals surface area contributed by atoms with Crippen LogP contribution < -0.4 is 5.32 Å². The van der Waals surface area contributed by atoms with Crippen LogP contribution in [0.2, 0.25) is 0 Å². The van der Waals surface area contributed by atoms with Crippen LogP contribution in [0.3, 0.4) is 0 Å². The van der Waals surface area contributed by atoms with Crippen molar-refractivity contribution in [3.8, 4) is 0 Å². The molecule has 0 fully saturated rings. The Bertz CT molecular complexity index is 595. The van der Waals surface area contributed by atoms with Crippen LogP contribution >= 0.6 is 0 Å². The lowest BCUT2D eigenvalue weighted by molar-refractivity contribution is -0.138. The first-order valence-corrected chi connectivity index (χ1v) is 6.56. The summed E-state index contributed by atoms with van der Waals surface area (Å²) in [5, 5.41) is 6.70. The molecule has 0 aliphatic rings. The van der Waals surface area contributed by atoms with Gasteiger partial charge in [-0.15, -0.1) is 0 Å². The van der Waals surface area contributed by atoms with Gasteiger partial charge in [-0.05, 0) is 25.5 Å². The zero-order chi connectivity index (χ0) is 15.5. The SMILES string of the molecule is Cc1noc(CCNC(C)c2ccccc2C(F)(F)F)n1. The monoisotopic (exact) mass is 299 g/mol. The third kappa shape index (κ3) is 4.04. The molecule has 1 atom stereocenters. The smallest absolute Gasteiger partial charge is 0.339 e. The summed E-state index contributed by atoms with van der Waals surface area (Å²) in [5.74, 6) is 1.01. The summed E-state index contributed by atoms with van der Waals surface area (Å²) >= 11 is 0. The molecule has 0 amide bonds. The van der Waals surface area contributed by atoms with Crippen molar-refractivity contribution >= 4 is 0 Å². The molecule has 0 spiro atoms. The van der Waals surface area contributed by atoms with Gasteiger partial charge < -0.3 is 9.84 Å². The summed E-state index contributed by atoms with van der Waals surface area (Å²) in [6.45, 7) is 3.86. The number of aryl methyl sites for hydroxylation is 1. The Balaban J connectivity index is 1.99. The van der Waals surface area contributed by atoms with Gasteiger partial charge in [0.15, 0.2) is 5.82 Å². The summed E-state index contributed by atoms with van der Waals surface area (Å²) in [7, 11) is 0. The summed E-state index contributed by atoms with van der Waals surface area (Å²) in [5.41, 5.74) is -0.384. The van der Waals surface area contributed by atoms with Gasteiger partial charge in [-0.2, -0.15) is 18.2 Å². The average molecular weight is 299 g/mol.